The van der Waals surface area contributed by atoms with Crippen LogP contribution in [-0.2, 0) is 9.84 Å². The van der Waals surface area contributed by atoms with E-state index in [-0.39, 0.29) is 29.9 Å². The summed E-state index contributed by atoms with van der Waals surface area (Å²) in [6, 6.07) is 1.04. The van der Waals surface area contributed by atoms with Crippen molar-refractivity contribution in [2.75, 3.05) is 18.1 Å². The number of hydrogen-bond acceptors (Lipinski definition) is 3. The number of sulfone groups is 1. The predicted octanol–water partition coefficient (Wildman–Crippen LogP) is 3.49. The molecule has 7 heteroatoms. The van der Waals surface area contributed by atoms with Crippen molar-refractivity contribution < 1.29 is 8.42 Å². The van der Waals surface area contributed by atoms with E-state index in [4.69, 9.17) is 4.99 Å². The Hall–Kier alpha value is -0.0500. The molecule has 2 aliphatic carbocycles. The zero-order valence-electron chi connectivity index (χ0n) is 16.1. The van der Waals surface area contributed by atoms with Crippen LogP contribution in [0.1, 0.15) is 71.1 Å². The molecule has 3 aliphatic rings. The average Bonchev–Trinajstić information content (AvgIpc) is 3.22. The van der Waals surface area contributed by atoms with Gasteiger partial charge in [-0.15, -0.1) is 24.0 Å². The van der Waals surface area contributed by atoms with Crippen molar-refractivity contribution in [2.24, 2.45) is 16.8 Å². The molecule has 5 nitrogen and oxygen atoms in total. The fourth-order valence-corrected chi connectivity index (χ4v) is 6.47. The molecule has 2 N–H and O–H groups in total. The SMILES string of the molecule is CCC1CCCC(NC(=NCC2CCS(=O)(=O)C2)NC2CCCC2)C1.I. The van der Waals surface area contributed by atoms with Crippen molar-refractivity contribution in [3.63, 3.8) is 0 Å². The summed E-state index contributed by atoms with van der Waals surface area (Å²) in [5, 5.41) is 7.31. The van der Waals surface area contributed by atoms with Crippen molar-refractivity contribution >= 4 is 39.8 Å². The lowest BCUT2D eigenvalue weighted by atomic mass is 9.84. The van der Waals surface area contributed by atoms with Gasteiger partial charge in [0.2, 0.25) is 0 Å². The number of guanidine groups is 1. The summed E-state index contributed by atoms with van der Waals surface area (Å²) in [4.78, 5) is 4.81. The van der Waals surface area contributed by atoms with E-state index in [1.165, 1.54) is 57.8 Å². The molecule has 0 radical (unpaired) electrons. The van der Waals surface area contributed by atoms with Crippen LogP contribution in [0, 0.1) is 11.8 Å². The fourth-order valence-electron chi connectivity index (χ4n) is 4.62. The molecule has 0 spiro atoms. The van der Waals surface area contributed by atoms with Gasteiger partial charge in [0.15, 0.2) is 15.8 Å². The Kier molecular flexibility index (Phi) is 8.97. The summed E-state index contributed by atoms with van der Waals surface area (Å²) in [7, 11) is -2.81. The van der Waals surface area contributed by atoms with Crippen LogP contribution < -0.4 is 10.6 Å². The van der Waals surface area contributed by atoms with Gasteiger partial charge in [0.05, 0.1) is 11.5 Å². The first-order valence-corrected chi connectivity index (χ1v) is 12.1. The Labute approximate surface area is 176 Å². The first-order valence-electron chi connectivity index (χ1n) is 10.3. The molecule has 1 aliphatic heterocycles. The first kappa shape index (κ1) is 22.2. The standard InChI is InChI=1S/C19H35N3O2S.HI/c1-2-15-6-5-9-18(12-15)22-19(21-17-7-3-4-8-17)20-13-16-10-11-25(23,24)14-16;/h15-18H,2-14H2,1H3,(H2,20,21,22);1H. The second kappa shape index (κ2) is 10.5. The molecule has 1 heterocycles. The van der Waals surface area contributed by atoms with E-state index in [1.807, 2.05) is 0 Å². The third-order valence-corrected chi connectivity index (χ3v) is 8.07. The van der Waals surface area contributed by atoms with Gasteiger partial charge in [0.1, 0.15) is 0 Å². The predicted molar refractivity (Wildman–Crippen MR) is 119 cm³/mol. The van der Waals surface area contributed by atoms with Gasteiger partial charge in [0, 0.05) is 18.6 Å². The number of aliphatic imine (C=N–C) groups is 1. The normalized spacial score (nSPS) is 32.2. The topological polar surface area (TPSA) is 70.6 Å². The molecule has 26 heavy (non-hydrogen) atoms. The zero-order valence-corrected chi connectivity index (χ0v) is 19.2. The third kappa shape index (κ3) is 6.84. The van der Waals surface area contributed by atoms with Gasteiger partial charge in [-0.05, 0) is 43.9 Å². The van der Waals surface area contributed by atoms with Crippen LogP contribution in [-0.4, -0.2) is 44.5 Å². The minimum absolute atomic E-state index is 0. The minimum Gasteiger partial charge on any atom is -0.354 e. The maximum atomic E-state index is 11.7. The van der Waals surface area contributed by atoms with Crippen molar-refractivity contribution in [1.82, 2.24) is 10.6 Å². The van der Waals surface area contributed by atoms with E-state index in [0.717, 1.165) is 18.3 Å². The Morgan fingerprint density at radius 1 is 0.962 bits per heavy atom. The van der Waals surface area contributed by atoms with Crippen LogP contribution in [0.5, 0.6) is 0 Å². The molecule has 0 bridgehead atoms. The second-order valence-corrected chi connectivity index (χ2v) is 10.6. The Morgan fingerprint density at radius 2 is 1.65 bits per heavy atom. The highest BCUT2D eigenvalue weighted by atomic mass is 127. The highest BCUT2D eigenvalue weighted by Gasteiger charge is 2.28. The Bertz CT molecular complexity index is 561. The van der Waals surface area contributed by atoms with Crippen molar-refractivity contribution in [3.05, 3.63) is 0 Å². The number of halogens is 1. The quantitative estimate of drug-likeness (QED) is 0.347. The Balaban J connectivity index is 0.00000243. The molecule has 0 aromatic rings. The molecule has 0 aromatic heterocycles. The van der Waals surface area contributed by atoms with E-state index >= 15 is 0 Å². The van der Waals surface area contributed by atoms with Gasteiger partial charge in [-0.3, -0.25) is 4.99 Å². The van der Waals surface area contributed by atoms with Crippen LogP contribution in [0.15, 0.2) is 4.99 Å². The summed E-state index contributed by atoms with van der Waals surface area (Å²) in [5.41, 5.74) is 0. The maximum absolute atomic E-state index is 11.7. The van der Waals surface area contributed by atoms with Crippen LogP contribution in [0.25, 0.3) is 0 Å². The highest BCUT2D eigenvalue weighted by molar-refractivity contribution is 14.0. The monoisotopic (exact) mass is 497 g/mol. The van der Waals surface area contributed by atoms with Gasteiger partial charge >= 0.3 is 0 Å². The molecule has 3 rings (SSSR count). The van der Waals surface area contributed by atoms with E-state index in [2.05, 4.69) is 17.6 Å². The highest BCUT2D eigenvalue weighted by Crippen LogP contribution is 2.26. The van der Waals surface area contributed by atoms with Crippen LogP contribution in [0.4, 0.5) is 0 Å². The maximum Gasteiger partial charge on any atom is 0.191 e. The number of nitrogens with zero attached hydrogens (tertiary/aromatic N) is 1. The van der Waals surface area contributed by atoms with Crippen molar-refractivity contribution in [3.8, 4) is 0 Å². The van der Waals surface area contributed by atoms with Gasteiger partial charge in [-0.25, -0.2) is 8.42 Å². The van der Waals surface area contributed by atoms with Gasteiger partial charge in [0.25, 0.3) is 0 Å². The molecule has 3 atom stereocenters. The Morgan fingerprint density at radius 3 is 2.31 bits per heavy atom. The largest absolute Gasteiger partial charge is 0.354 e. The lowest BCUT2D eigenvalue weighted by Crippen LogP contribution is -2.48. The smallest absolute Gasteiger partial charge is 0.191 e. The van der Waals surface area contributed by atoms with E-state index in [9.17, 15) is 8.42 Å². The molecular formula is C19H36IN3O2S. The number of rotatable bonds is 5. The number of nitrogens with one attached hydrogen (secondary N) is 2. The number of hydrogen-bond donors (Lipinski definition) is 2. The van der Waals surface area contributed by atoms with Gasteiger partial charge in [-0.2, -0.15) is 0 Å². The summed E-state index contributed by atoms with van der Waals surface area (Å²) >= 11 is 0. The molecule has 2 saturated carbocycles. The second-order valence-electron chi connectivity index (χ2n) is 8.37. The molecule has 0 aromatic carbocycles. The van der Waals surface area contributed by atoms with Crippen molar-refractivity contribution in [1.29, 1.82) is 0 Å². The van der Waals surface area contributed by atoms with E-state index in [1.54, 1.807) is 0 Å². The van der Waals surface area contributed by atoms with Crippen LogP contribution in [0.2, 0.25) is 0 Å². The molecular weight excluding hydrogens is 461 g/mol. The minimum atomic E-state index is -2.81. The lowest BCUT2D eigenvalue weighted by Gasteiger charge is -2.31. The zero-order chi connectivity index (χ0) is 17.7. The van der Waals surface area contributed by atoms with E-state index in [0.29, 0.717) is 30.1 Å². The third-order valence-electron chi connectivity index (χ3n) is 6.23. The van der Waals surface area contributed by atoms with E-state index < -0.39 is 9.84 Å². The molecule has 3 unspecified atom stereocenters. The first-order chi connectivity index (χ1) is 12.0. The van der Waals surface area contributed by atoms with Crippen LogP contribution in [0.3, 0.4) is 0 Å². The van der Waals surface area contributed by atoms with Crippen molar-refractivity contribution in [2.45, 2.75) is 83.2 Å². The lowest BCUT2D eigenvalue weighted by molar-refractivity contribution is 0.297. The molecule has 152 valence electrons. The summed E-state index contributed by atoms with van der Waals surface area (Å²) in [5.74, 6) is 2.61. The van der Waals surface area contributed by atoms with Crippen LogP contribution >= 0.6 is 24.0 Å². The molecule has 3 fully saturated rings. The molecule has 0 amide bonds. The van der Waals surface area contributed by atoms with Gasteiger partial charge in [-0.1, -0.05) is 39.0 Å². The van der Waals surface area contributed by atoms with Gasteiger partial charge < -0.3 is 10.6 Å². The summed E-state index contributed by atoms with van der Waals surface area (Å²) in [6.45, 7) is 2.92. The molecule has 1 saturated heterocycles. The fraction of sp³-hybridized carbons (Fsp3) is 0.947. The summed E-state index contributed by atoms with van der Waals surface area (Å²) in [6.07, 6.45) is 12.2. The average molecular weight is 497 g/mol. The summed E-state index contributed by atoms with van der Waals surface area (Å²) < 4.78 is 23.3.